The van der Waals surface area contributed by atoms with E-state index in [4.69, 9.17) is 4.74 Å². The average molecular weight is 320 g/mol. The van der Waals surface area contributed by atoms with Gasteiger partial charge in [0.05, 0.1) is 22.8 Å². The number of hydrogen-bond acceptors (Lipinski definition) is 5. The number of hydrogen-bond donors (Lipinski definition) is 2. The molecule has 0 atom stereocenters. The molecule has 2 N–H and O–H groups in total. The first kappa shape index (κ1) is 14.5. The number of benzene rings is 2. The maximum Gasteiger partial charge on any atom is 0.262 e. The van der Waals surface area contributed by atoms with Crippen molar-refractivity contribution in [2.45, 2.75) is 4.90 Å². The Morgan fingerprint density at radius 2 is 2.00 bits per heavy atom. The number of fused-ring (bicyclic) bond motifs is 1. The van der Waals surface area contributed by atoms with Gasteiger partial charge in [0.1, 0.15) is 18.1 Å². The van der Waals surface area contributed by atoms with Crippen LogP contribution in [-0.4, -0.2) is 33.7 Å². The van der Waals surface area contributed by atoms with Crippen LogP contribution < -0.4 is 14.4 Å². The minimum atomic E-state index is -3.78. The maximum absolute atomic E-state index is 12.5. The van der Waals surface area contributed by atoms with Crippen molar-refractivity contribution < 1.29 is 18.3 Å². The first-order valence-corrected chi connectivity index (χ1v) is 8.24. The Kier molecular flexibility index (Phi) is 3.58. The Labute approximate surface area is 129 Å². The number of para-hydroxylation sites is 2. The van der Waals surface area contributed by atoms with Crippen LogP contribution in [0.25, 0.3) is 0 Å². The molecular weight excluding hydrogens is 304 g/mol. The lowest BCUT2D eigenvalue weighted by atomic mass is 10.2. The highest BCUT2D eigenvalue weighted by molar-refractivity contribution is 7.92. The lowest BCUT2D eigenvalue weighted by Crippen LogP contribution is -2.29. The summed E-state index contributed by atoms with van der Waals surface area (Å²) in [4.78, 5) is 2.06. The van der Waals surface area contributed by atoms with Gasteiger partial charge in [0, 0.05) is 7.05 Å². The Balaban J connectivity index is 1.96. The normalized spacial score (nSPS) is 14.1. The fraction of sp³-hybridized carbons (Fsp3) is 0.200. The monoisotopic (exact) mass is 320 g/mol. The van der Waals surface area contributed by atoms with Gasteiger partial charge in [-0.2, -0.15) is 0 Å². The summed E-state index contributed by atoms with van der Waals surface area (Å²) in [6, 6.07) is 10.9. The second-order valence-electron chi connectivity index (χ2n) is 5.02. The smallest absolute Gasteiger partial charge is 0.262 e. The third kappa shape index (κ3) is 2.67. The van der Waals surface area contributed by atoms with Gasteiger partial charge in [-0.25, -0.2) is 8.42 Å². The number of nitrogens with zero attached hydrogens (tertiary/aromatic N) is 1. The second-order valence-corrected chi connectivity index (χ2v) is 6.70. The minimum Gasteiger partial charge on any atom is -0.506 e. The standard InChI is InChI=1S/C15H16N2O4S/c1-17-8-9-21-15-7-6-11(10-13(15)17)22(19,20)16-12-4-2-3-5-14(12)18/h2-7,10,16,18H,8-9H2,1H3. The van der Waals surface area contributed by atoms with E-state index >= 15 is 0 Å². The number of sulfonamides is 1. The summed E-state index contributed by atoms with van der Waals surface area (Å²) >= 11 is 0. The molecule has 0 amide bonds. The van der Waals surface area contributed by atoms with Gasteiger partial charge in [0.15, 0.2) is 0 Å². The number of ether oxygens (including phenoxy) is 1. The number of rotatable bonds is 3. The van der Waals surface area contributed by atoms with E-state index in [-0.39, 0.29) is 16.3 Å². The summed E-state index contributed by atoms with van der Waals surface area (Å²) in [7, 11) is -1.90. The summed E-state index contributed by atoms with van der Waals surface area (Å²) in [5.74, 6) is 0.541. The van der Waals surface area contributed by atoms with E-state index in [0.717, 1.165) is 5.69 Å². The van der Waals surface area contributed by atoms with Crippen molar-refractivity contribution in [2.75, 3.05) is 29.8 Å². The molecule has 0 saturated carbocycles. The van der Waals surface area contributed by atoms with Gasteiger partial charge >= 0.3 is 0 Å². The van der Waals surface area contributed by atoms with Crippen LogP contribution in [-0.2, 0) is 10.0 Å². The molecule has 1 aliphatic rings. The molecule has 3 rings (SSSR count). The van der Waals surface area contributed by atoms with Crippen molar-refractivity contribution in [3.05, 3.63) is 42.5 Å². The van der Waals surface area contributed by atoms with E-state index in [2.05, 4.69) is 4.72 Å². The molecule has 6 nitrogen and oxygen atoms in total. The van der Waals surface area contributed by atoms with Crippen molar-refractivity contribution in [3.8, 4) is 11.5 Å². The van der Waals surface area contributed by atoms with E-state index in [1.54, 1.807) is 24.3 Å². The van der Waals surface area contributed by atoms with Crippen molar-refractivity contribution in [1.29, 1.82) is 0 Å². The zero-order valence-electron chi connectivity index (χ0n) is 12.0. The Morgan fingerprint density at radius 3 is 2.77 bits per heavy atom. The first-order chi connectivity index (χ1) is 10.5. The highest BCUT2D eigenvalue weighted by Gasteiger charge is 2.21. The number of phenolic OH excluding ortho intramolecular Hbond substituents is 1. The van der Waals surface area contributed by atoms with Crippen LogP contribution in [0.2, 0.25) is 0 Å². The fourth-order valence-electron chi connectivity index (χ4n) is 2.26. The quantitative estimate of drug-likeness (QED) is 0.846. The van der Waals surface area contributed by atoms with E-state index < -0.39 is 10.0 Å². The van der Waals surface area contributed by atoms with Gasteiger partial charge in [-0.15, -0.1) is 0 Å². The van der Waals surface area contributed by atoms with Gasteiger partial charge in [-0.1, -0.05) is 12.1 Å². The first-order valence-electron chi connectivity index (χ1n) is 6.76. The highest BCUT2D eigenvalue weighted by atomic mass is 32.2. The van der Waals surface area contributed by atoms with Gasteiger partial charge in [-0.05, 0) is 30.3 Å². The fourth-order valence-corrected chi connectivity index (χ4v) is 3.36. The SMILES string of the molecule is CN1CCOc2ccc(S(=O)(=O)Nc3ccccc3O)cc21. The molecule has 0 radical (unpaired) electrons. The summed E-state index contributed by atoms with van der Waals surface area (Å²) in [5, 5.41) is 9.70. The molecule has 2 aromatic rings. The number of anilines is 2. The van der Waals surface area contributed by atoms with Crippen molar-refractivity contribution in [3.63, 3.8) is 0 Å². The summed E-state index contributed by atoms with van der Waals surface area (Å²) in [6.45, 7) is 1.27. The molecule has 1 heterocycles. The third-order valence-electron chi connectivity index (χ3n) is 3.48. The molecule has 7 heteroatoms. The predicted octanol–water partition coefficient (Wildman–Crippen LogP) is 2.02. The van der Waals surface area contributed by atoms with Crippen molar-refractivity contribution in [2.24, 2.45) is 0 Å². The van der Waals surface area contributed by atoms with Gasteiger partial charge in [0.2, 0.25) is 0 Å². The molecule has 0 unspecified atom stereocenters. The van der Waals surface area contributed by atoms with E-state index in [1.165, 1.54) is 18.2 Å². The summed E-state index contributed by atoms with van der Waals surface area (Å²) in [5.41, 5.74) is 0.872. The topological polar surface area (TPSA) is 78.9 Å². The van der Waals surface area contributed by atoms with Crippen LogP contribution >= 0.6 is 0 Å². The molecule has 0 aromatic heterocycles. The second kappa shape index (κ2) is 5.42. The van der Waals surface area contributed by atoms with Crippen LogP contribution in [0, 0.1) is 0 Å². The van der Waals surface area contributed by atoms with Crippen LogP contribution in [0.5, 0.6) is 11.5 Å². The summed E-state index contributed by atoms with van der Waals surface area (Å²) in [6.07, 6.45) is 0. The molecule has 2 aromatic carbocycles. The average Bonchev–Trinajstić information content (AvgIpc) is 2.49. The van der Waals surface area contributed by atoms with E-state index in [1.807, 2.05) is 11.9 Å². The molecule has 0 spiro atoms. The Hall–Kier alpha value is -2.41. The van der Waals surface area contributed by atoms with Crippen LogP contribution in [0.1, 0.15) is 0 Å². The zero-order valence-corrected chi connectivity index (χ0v) is 12.8. The molecule has 0 saturated heterocycles. The highest BCUT2D eigenvalue weighted by Crippen LogP contribution is 2.33. The predicted molar refractivity (Wildman–Crippen MR) is 84.1 cm³/mol. The number of nitrogens with one attached hydrogen (secondary N) is 1. The number of aromatic hydroxyl groups is 1. The Morgan fingerprint density at radius 1 is 1.23 bits per heavy atom. The minimum absolute atomic E-state index is 0.117. The number of phenols is 1. The molecule has 1 aliphatic heterocycles. The lowest BCUT2D eigenvalue weighted by molar-refractivity contribution is 0.311. The van der Waals surface area contributed by atoms with Crippen molar-refractivity contribution >= 4 is 21.4 Å². The molecule has 0 fully saturated rings. The van der Waals surface area contributed by atoms with Gasteiger partial charge < -0.3 is 14.7 Å². The van der Waals surface area contributed by atoms with E-state index in [0.29, 0.717) is 18.9 Å². The van der Waals surface area contributed by atoms with Gasteiger partial charge in [0.25, 0.3) is 10.0 Å². The summed E-state index contributed by atoms with van der Waals surface area (Å²) < 4.78 is 32.8. The maximum atomic E-state index is 12.5. The van der Waals surface area contributed by atoms with E-state index in [9.17, 15) is 13.5 Å². The molecule has 22 heavy (non-hydrogen) atoms. The van der Waals surface area contributed by atoms with Gasteiger partial charge in [-0.3, -0.25) is 4.72 Å². The van der Waals surface area contributed by atoms with Crippen LogP contribution in [0.15, 0.2) is 47.4 Å². The molecule has 116 valence electrons. The van der Waals surface area contributed by atoms with Crippen molar-refractivity contribution in [1.82, 2.24) is 0 Å². The Bertz CT molecular complexity index is 805. The van der Waals surface area contributed by atoms with Crippen LogP contribution in [0.4, 0.5) is 11.4 Å². The lowest BCUT2D eigenvalue weighted by Gasteiger charge is -2.28. The molecule has 0 bridgehead atoms. The molecule has 0 aliphatic carbocycles. The van der Waals surface area contributed by atoms with Crippen LogP contribution in [0.3, 0.4) is 0 Å². The molecular formula is C15H16N2O4S. The number of likely N-dealkylation sites (N-methyl/N-ethyl adjacent to an activating group) is 1. The largest absolute Gasteiger partial charge is 0.506 e. The third-order valence-corrected chi connectivity index (χ3v) is 4.85. The zero-order chi connectivity index (χ0) is 15.7.